The molecule has 2 amide bonds. The lowest BCUT2D eigenvalue weighted by Crippen LogP contribution is -2.45. The third kappa shape index (κ3) is 5.28. The molecule has 1 heterocycles. The van der Waals surface area contributed by atoms with Crippen molar-refractivity contribution in [1.82, 2.24) is 10.2 Å². The van der Waals surface area contributed by atoms with Crippen molar-refractivity contribution in [3.8, 4) is 0 Å². The first-order valence-corrected chi connectivity index (χ1v) is 9.19. The van der Waals surface area contributed by atoms with Gasteiger partial charge in [-0.05, 0) is 43.7 Å². The molecular weight excluding hydrogens is 364 g/mol. The van der Waals surface area contributed by atoms with Gasteiger partial charge in [-0.15, -0.1) is 0 Å². The molecule has 0 fully saturated rings. The Morgan fingerprint density at radius 2 is 1.93 bits per heavy atom. The van der Waals surface area contributed by atoms with Gasteiger partial charge in [0.25, 0.3) is 0 Å². The van der Waals surface area contributed by atoms with Crippen LogP contribution in [-0.4, -0.2) is 35.3 Å². The van der Waals surface area contributed by atoms with Gasteiger partial charge in [0.05, 0.1) is 12.3 Å². The minimum Gasteiger partial charge on any atom is -0.390 e. The summed E-state index contributed by atoms with van der Waals surface area (Å²) in [5.41, 5.74) is 1.98. The van der Waals surface area contributed by atoms with Crippen molar-refractivity contribution in [3.63, 3.8) is 0 Å². The Bertz CT molecular complexity index is 870. The fraction of sp³-hybridized carbons (Fsp3) is 0.333. The van der Waals surface area contributed by atoms with Gasteiger partial charge in [0.1, 0.15) is 11.6 Å². The number of benzene rings is 2. The molecule has 0 aliphatic carbocycles. The van der Waals surface area contributed by atoms with Crippen molar-refractivity contribution in [2.45, 2.75) is 39.0 Å². The van der Waals surface area contributed by atoms with Crippen molar-refractivity contribution in [2.75, 3.05) is 6.54 Å². The summed E-state index contributed by atoms with van der Waals surface area (Å²) in [7, 11) is 0. The van der Waals surface area contributed by atoms with Gasteiger partial charge in [-0.3, -0.25) is 0 Å². The van der Waals surface area contributed by atoms with Crippen LogP contribution in [0.25, 0.3) is 0 Å². The van der Waals surface area contributed by atoms with Crippen molar-refractivity contribution in [2.24, 2.45) is 5.16 Å². The molecule has 0 saturated heterocycles. The van der Waals surface area contributed by atoms with Crippen LogP contribution in [0.1, 0.15) is 31.4 Å². The molecule has 148 valence electrons. The fourth-order valence-electron chi connectivity index (χ4n) is 3.02. The highest BCUT2D eigenvalue weighted by Gasteiger charge is 2.27. The lowest BCUT2D eigenvalue weighted by molar-refractivity contribution is 0.0586. The number of nitrogens with zero attached hydrogens (tertiary/aromatic N) is 2. The van der Waals surface area contributed by atoms with Crippen LogP contribution in [0.2, 0.25) is 0 Å². The highest BCUT2D eigenvalue weighted by Crippen LogP contribution is 2.19. The van der Waals surface area contributed by atoms with Gasteiger partial charge < -0.3 is 15.1 Å². The average Bonchev–Trinajstić information content (AvgIpc) is 3.09. The predicted octanol–water partition coefficient (Wildman–Crippen LogP) is 4.08. The first kappa shape index (κ1) is 19.8. The van der Waals surface area contributed by atoms with E-state index >= 15 is 0 Å². The minimum atomic E-state index is -0.357. The number of carbonyl (C=O) groups is 1. The standard InChI is InChI=1S/C21H23F2N3O2/c1-14(2)24-21(27)26(12-15-5-3-7-17(22)9-15)13-19-11-20(25-28-19)16-6-4-8-18(23)10-16/h3-10,14,19H,11-13H2,1-2H3,(H,24,27)/t19-/m0/s1. The molecule has 0 unspecified atom stereocenters. The number of halogens is 2. The Morgan fingerprint density at radius 3 is 2.61 bits per heavy atom. The van der Waals surface area contributed by atoms with Gasteiger partial charge in [-0.1, -0.05) is 29.4 Å². The molecule has 0 radical (unpaired) electrons. The molecule has 3 rings (SSSR count). The molecule has 0 spiro atoms. The third-order valence-electron chi connectivity index (χ3n) is 4.28. The maximum absolute atomic E-state index is 13.5. The number of amides is 2. The average molecular weight is 387 g/mol. The summed E-state index contributed by atoms with van der Waals surface area (Å²) in [4.78, 5) is 19.7. The molecular formula is C21H23F2N3O2. The van der Waals surface area contributed by atoms with E-state index in [9.17, 15) is 13.6 Å². The maximum atomic E-state index is 13.5. The topological polar surface area (TPSA) is 53.9 Å². The molecule has 0 saturated carbocycles. The number of hydrogen-bond donors (Lipinski definition) is 1. The second-order valence-electron chi connectivity index (χ2n) is 7.09. The normalized spacial score (nSPS) is 15.9. The van der Waals surface area contributed by atoms with Gasteiger partial charge in [0.15, 0.2) is 6.10 Å². The molecule has 7 heteroatoms. The summed E-state index contributed by atoms with van der Waals surface area (Å²) in [5, 5.41) is 6.91. The Labute approximate surface area is 163 Å². The number of carbonyl (C=O) groups excluding carboxylic acids is 1. The number of hydrogen-bond acceptors (Lipinski definition) is 3. The van der Waals surface area contributed by atoms with E-state index in [4.69, 9.17) is 4.84 Å². The highest BCUT2D eigenvalue weighted by molar-refractivity contribution is 6.01. The zero-order valence-electron chi connectivity index (χ0n) is 15.9. The van der Waals surface area contributed by atoms with E-state index < -0.39 is 0 Å². The number of urea groups is 1. The number of rotatable bonds is 6. The molecule has 1 aliphatic rings. The summed E-state index contributed by atoms with van der Waals surface area (Å²) in [6.45, 7) is 4.26. The summed E-state index contributed by atoms with van der Waals surface area (Å²) < 4.78 is 27.0. The van der Waals surface area contributed by atoms with E-state index in [1.54, 1.807) is 29.2 Å². The smallest absolute Gasteiger partial charge is 0.318 e. The molecule has 0 bridgehead atoms. The zero-order valence-corrected chi connectivity index (χ0v) is 15.9. The van der Waals surface area contributed by atoms with Crippen molar-refractivity contribution < 1.29 is 18.4 Å². The Hall–Kier alpha value is -2.96. The molecule has 1 N–H and O–H groups in total. The molecule has 2 aromatic rings. The quantitative estimate of drug-likeness (QED) is 0.812. The summed E-state index contributed by atoms with van der Waals surface area (Å²) in [6.07, 6.45) is 0.0997. The van der Waals surface area contributed by atoms with Gasteiger partial charge in [-0.2, -0.15) is 0 Å². The first-order chi connectivity index (χ1) is 13.4. The summed E-state index contributed by atoms with van der Waals surface area (Å²) >= 11 is 0. The summed E-state index contributed by atoms with van der Waals surface area (Å²) in [6, 6.07) is 12.0. The SMILES string of the molecule is CC(C)NC(=O)N(Cc1cccc(F)c1)C[C@@H]1CC(c2cccc(F)c2)=NO1. The molecule has 2 aromatic carbocycles. The molecule has 1 atom stereocenters. The van der Waals surface area contributed by atoms with Gasteiger partial charge in [0.2, 0.25) is 0 Å². The Kier molecular flexibility index (Phi) is 6.23. The van der Waals surface area contributed by atoms with E-state index in [1.807, 2.05) is 13.8 Å². The van der Waals surface area contributed by atoms with E-state index in [0.717, 1.165) is 0 Å². The van der Waals surface area contributed by atoms with Crippen LogP contribution in [0.15, 0.2) is 53.7 Å². The number of oxime groups is 1. The highest BCUT2D eigenvalue weighted by atomic mass is 19.1. The molecule has 28 heavy (non-hydrogen) atoms. The van der Waals surface area contributed by atoms with Crippen LogP contribution >= 0.6 is 0 Å². The number of nitrogens with one attached hydrogen (secondary N) is 1. The van der Waals surface area contributed by atoms with E-state index in [0.29, 0.717) is 23.3 Å². The molecule has 1 aliphatic heterocycles. The van der Waals surface area contributed by atoms with E-state index in [-0.39, 0.29) is 42.9 Å². The largest absolute Gasteiger partial charge is 0.390 e. The van der Waals surface area contributed by atoms with Crippen molar-refractivity contribution in [3.05, 3.63) is 71.3 Å². The lowest BCUT2D eigenvalue weighted by Gasteiger charge is -2.26. The summed E-state index contributed by atoms with van der Waals surface area (Å²) in [5.74, 6) is -0.691. The second kappa shape index (κ2) is 8.82. The van der Waals surface area contributed by atoms with Gasteiger partial charge in [-0.25, -0.2) is 13.6 Å². The fourth-order valence-corrected chi connectivity index (χ4v) is 3.02. The Balaban J connectivity index is 1.68. The van der Waals surface area contributed by atoms with Crippen LogP contribution < -0.4 is 5.32 Å². The van der Waals surface area contributed by atoms with Crippen molar-refractivity contribution >= 4 is 11.7 Å². The molecule has 0 aromatic heterocycles. The predicted molar refractivity (Wildman–Crippen MR) is 103 cm³/mol. The van der Waals surface area contributed by atoms with Crippen LogP contribution in [-0.2, 0) is 11.4 Å². The lowest BCUT2D eigenvalue weighted by atomic mass is 10.0. The first-order valence-electron chi connectivity index (χ1n) is 9.19. The molecule has 5 nitrogen and oxygen atoms in total. The zero-order chi connectivity index (χ0) is 20.1. The van der Waals surface area contributed by atoms with Gasteiger partial charge >= 0.3 is 6.03 Å². The van der Waals surface area contributed by atoms with Crippen LogP contribution in [0.5, 0.6) is 0 Å². The Morgan fingerprint density at radius 1 is 1.21 bits per heavy atom. The third-order valence-corrected chi connectivity index (χ3v) is 4.28. The van der Waals surface area contributed by atoms with Crippen molar-refractivity contribution in [1.29, 1.82) is 0 Å². The maximum Gasteiger partial charge on any atom is 0.318 e. The second-order valence-corrected chi connectivity index (χ2v) is 7.09. The van der Waals surface area contributed by atoms with Crippen LogP contribution in [0, 0.1) is 11.6 Å². The minimum absolute atomic E-state index is 0.0360. The van der Waals surface area contributed by atoms with Gasteiger partial charge in [0, 0.05) is 24.6 Å². The van der Waals surface area contributed by atoms with Crippen LogP contribution in [0.3, 0.4) is 0 Å². The van der Waals surface area contributed by atoms with Crippen LogP contribution in [0.4, 0.5) is 13.6 Å². The van der Waals surface area contributed by atoms with E-state index in [2.05, 4.69) is 10.5 Å². The monoisotopic (exact) mass is 387 g/mol. The van der Waals surface area contributed by atoms with E-state index in [1.165, 1.54) is 24.3 Å².